The Labute approximate surface area is 152 Å². The standard InChI is InChI=1S/C22H21FNO2/c1-2-17(19-13-24-20-9-8-16(23)12-18(19)20)22(15-6-4-3-5-7-15)21-14-25-10-11-26-21/h3-4,6,8-14,17,22,24H,1-2,5,7H2. The van der Waals surface area contributed by atoms with Crippen LogP contribution in [0.3, 0.4) is 0 Å². The molecule has 0 spiro atoms. The van der Waals surface area contributed by atoms with Crippen LogP contribution in [0.25, 0.3) is 10.9 Å². The summed E-state index contributed by atoms with van der Waals surface area (Å²) in [7, 11) is 0. The summed E-state index contributed by atoms with van der Waals surface area (Å²) in [5.41, 5.74) is 3.25. The number of H-pyrrole nitrogens is 1. The van der Waals surface area contributed by atoms with E-state index < -0.39 is 0 Å². The number of halogens is 1. The molecule has 2 aliphatic rings. The number of fused-ring (bicyclic) bond motifs is 1. The highest BCUT2D eigenvalue weighted by atomic mass is 19.1. The fraction of sp³-hybridized carbons (Fsp3) is 0.227. The number of allylic oxidation sites excluding steroid dienone is 4. The molecule has 3 nitrogen and oxygen atoms in total. The third-order valence-electron chi connectivity index (χ3n) is 5.06. The molecule has 1 aliphatic carbocycles. The molecule has 0 bridgehead atoms. The van der Waals surface area contributed by atoms with Gasteiger partial charge in [0.05, 0.1) is 0 Å². The van der Waals surface area contributed by atoms with Gasteiger partial charge in [-0.25, -0.2) is 4.39 Å². The number of hydrogen-bond acceptors (Lipinski definition) is 2. The van der Waals surface area contributed by atoms with Crippen molar-refractivity contribution in [1.82, 2.24) is 4.98 Å². The molecule has 2 atom stereocenters. The minimum atomic E-state index is -0.239. The molecule has 0 fully saturated rings. The zero-order valence-corrected chi connectivity index (χ0v) is 14.5. The highest BCUT2D eigenvalue weighted by Crippen LogP contribution is 2.43. The van der Waals surface area contributed by atoms with Crippen molar-refractivity contribution in [2.24, 2.45) is 5.92 Å². The molecule has 0 saturated carbocycles. The lowest BCUT2D eigenvalue weighted by Crippen LogP contribution is -2.20. The van der Waals surface area contributed by atoms with Gasteiger partial charge in [-0.2, -0.15) is 0 Å². The maximum atomic E-state index is 13.9. The summed E-state index contributed by atoms with van der Waals surface area (Å²) in [6, 6.07) is 4.83. The summed E-state index contributed by atoms with van der Waals surface area (Å²) in [5.74, 6) is 0.555. The van der Waals surface area contributed by atoms with Crippen LogP contribution in [-0.2, 0) is 9.47 Å². The molecule has 2 unspecified atom stereocenters. The van der Waals surface area contributed by atoms with E-state index in [1.807, 2.05) is 6.20 Å². The Bertz CT molecular complexity index is 919. The summed E-state index contributed by atoms with van der Waals surface area (Å²) in [5, 5.41) is 0.892. The van der Waals surface area contributed by atoms with Gasteiger partial charge < -0.3 is 14.5 Å². The minimum absolute atomic E-state index is 0.00957. The largest absolute Gasteiger partial charge is 0.466 e. The molecule has 1 radical (unpaired) electrons. The lowest BCUT2D eigenvalue weighted by atomic mass is 9.76. The summed E-state index contributed by atoms with van der Waals surface area (Å²) < 4.78 is 25.0. The third kappa shape index (κ3) is 3.07. The normalized spacial score (nSPS) is 18.7. The van der Waals surface area contributed by atoms with Crippen LogP contribution in [0.5, 0.6) is 0 Å². The topological polar surface area (TPSA) is 34.2 Å². The lowest BCUT2D eigenvalue weighted by molar-refractivity contribution is 0.216. The maximum Gasteiger partial charge on any atom is 0.146 e. The number of aromatic nitrogens is 1. The quantitative estimate of drug-likeness (QED) is 0.732. The first-order chi connectivity index (χ1) is 12.8. The van der Waals surface area contributed by atoms with Crippen LogP contribution in [-0.4, -0.2) is 4.98 Å². The Hall–Kier alpha value is -2.75. The van der Waals surface area contributed by atoms with Gasteiger partial charge >= 0.3 is 0 Å². The van der Waals surface area contributed by atoms with Gasteiger partial charge in [0.15, 0.2) is 0 Å². The molecule has 2 heterocycles. The Morgan fingerprint density at radius 2 is 2.19 bits per heavy atom. The van der Waals surface area contributed by atoms with E-state index in [0.29, 0.717) is 6.42 Å². The van der Waals surface area contributed by atoms with Crippen LogP contribution in [0.2, 0.25) is 0 Å². The van der Waals surface area contributed by atoms with Crippen LogP contribution in [0.4, 0.5) is 4.39 Å². The Morgan fingerprint density at radius 1 is 1.27 bits per heavy atom. The van der Waals surface area contributed by atoms with E-state index in [9.17, 15) is 4.39 Å². The van der Waals surface area contributed by atoms with E-state index in [2.05, 4.69) is 30.1 Å². The highest BCUT2D eigenvalue weighted by Gasteiger charge is 2.32. The number of rotatable bonds is 5. The Balaban J connectivity index is 1.81. The van der Waals surface area contributed by atoms with E-state index >= 15 is 0 Å². The van der Waals surface area contributed by atoms with Crippen LogP contribution < -0.4 is 0 Å². The number of hydrogen-bond donors (Lipinski definition) is 1. The van der Waals surface area contributed by atoms with Gasteiger partial charge in [0, 0.05) is 23.0 Å². The summed E-state index contributed by atoms with van der Waals surface area (Å²) in [4.78, 5) is 3.26. The van der Waals surface area contributed by atoms with E-state index in [-0.39, 0.29) is 17.7 Å². The predicted octanol–water partition coefficient (Wildman–Crippen LogP) is 5.87. The van der Waals surface area contributed by atoms with Crippen molar-refractivity contribution in [3.63, 3.8) is 0 Å². The van der Waals surface area contributed by atoms with Crippen LogP contribution >= 0.6 is 0 Å². The molecule has 26 heavy (non-hydrogen) atoms. The van der Waals surface area contributed by atoms with E-state index in [4.69, 9.17) is 9.47 Å². The SMILES string of the molecule is [CH2]CC(c1c[nH]c2ccc(F)cc12)C(C1=CC=CCC1)C1=COC=CO1. The van der Waals surface area contributed by atoms with Gasteiger partial charge in [-0.05, 0) is 48.9 Å². The van der Waals surface area contributed by atoms with Gasteiger partial charge in [0.2, 0.25) is 0 Å². The van der Waals surface area contributed by atoms with Crippen LogP contribution in [0.1, 0.15) is 30.7 Å². The molecule has 1 aromatic heterocycles. The van der Waals surface area contributed by atoms with Gasteiger partial charge in [0.1, 0.15) is 30.4 Å². The van der Waals surface area contributed by atoms with Crippen molar-refractivity contribution in [3.05, 3.63) is 91.0 Å². The van der Waals surface area contributed by atoms with Crippen LogP contribution in [0, 0.1) is 18.7 Å². The third-order valence-corrected chi connectivity index (χ3v) is 5.06. The molecule has 1 aromatic carbocycles. The first-order valence-electron chi connectivity index (χ1n) is 8.86. The van der Waals surface area contributed by atoms with Gasteiger partial charge in [-0.3, -0.25) is 0 Å². The minimum Gasteiger partial charge on any atom is -0.466 e. The van der Waals surface area contributed by atoms with Gasteiger partial charge in [-0.15, -0.1) is 0 Å². The van der Waals surface area contributed by atoms with Crippen molar-refractivity contribution in [1.29, 1.82) is 0 Å². The fourth-order valence-corrected chi connectivity index (χ4v) is 3.86. The molecule has 0 amide bonds. The summed E-state index contributed by atoms with van der Waals surface area (Å²) in [6.45, 7) is 4.19. The average molecular weight is 350 g/mol. The van der Waals surface area contributed by atoms with E-state index in [0.717, 1.165) is 35.1 Å². The first kappa shape index (κ1) is 16.7. The zero-order chi connectivity index (χ0) is 17.9. The number of nitrogens with one attached hydrogen (secondary N) is 1. The molecule has 133 valence electrons. The monoisotopic (exact) mass is 350 g/mol. The second-order valence-corrected chi connectivity index (χ2v) is 6.56. The molecule has 0 saturated heterocycles. The lowest BCUT2D eigenvalue weighted by Gasteiger charge is -2.31. The summed E-state index contributed by atoms with van der Waals surface area (Å²) in [6.07, 6.45) is 15.7. The van der Waals surface area contributed by atoms with Crippen molar-refractivity contribution in [2.75, 3.05) is 0 Å². The zero-order valence-electron chi connectivity index (χ0n) is 14.5. The van der Waals surface area contributed by atoms with Crippen molar-refractivity contribution in [3.8, 4) is 0 Å². The van der Waals surface area contributed by atoms with Crippen molar-refractivity contribution < 1.29 is 13.9 Å². The molecule has 1 N–H and O–H groups in total. The second-order valence-electron chi connectivity index (χ2n) is 6.56. The average Bonchev–Trinajstić information content (AvgIpc) is 3.10. The molecule has 4 rings (SSSR count). The molecule has 2 aromatic rings. The number of aromatic amines is 1. The smallest absolute Gasteiger partial charge is 0.146 e. The van der Waals surface area contributed by atoms with Gasteiger partial charge in [0.25, 0.3) is 0 Å². The summed E-state index contributed by atoms with van der Waals surface area (Å²) >= 11 is 0. The molecule has 4 heteroatoms. The second kappa shape index (κ2) is 7.24. The van der Waals surface area contributed by atoms with E-state index in [1.54, 1.807) is 24.7 Å². The molecule has 1 aliphatic heterocycles. The Kier molecular flexibility index (Phi) is 4.65. The number of benzene rings is 1. The highest BCUT2D eigenvalue weighted by molar-refractivity contribution is 5.84. The number of ether oxygens (including phenoxy) is 2. The molecular formula is C22H21FNO2. The Morgan fingerprint density at radius 3 is 2.92 bits per heavy atom. The first-order valence-corrected chi connectivity index (χ1v) is 8.86. The van der Waals surface area contributed by atoms with Gasteiger partial charge in [-0.1, -0.05) is 30.7 Å². The van der Waals surface area contributed by atoms with Crippen LogP contribution in [0.15, 0.2) is 72.7 Å². The van der Waals surface area contributed by atoms with Crippen molar-refractivity contribution >= 4 is 10.9 Å². The fourth-order valence-electron chi connectivity index (χ4n) is 3.86. The van der Waals surface area contributed by atoms with Crippen molar-refractivity contribution in [2.45, 2.75) is 25.2 Å². The predicted molar refractivity (Wildman–Crippen MR) is 100 cm³/mol. The maximum absolute atomic E-state index is 13.9. The van der Waals surface area contributed by atoms with E-state index in [1.165, 1.54) is 17.9 Å². The molecular weight excluding hydrogens is 329 g/mol.